The molecule has 1 atom stereocenters. The van der Waals surface area contributed by atoms with Gasteiger partial charge < -0.3 is 20.3 Å². The van der Waals surface area contributed by atoms with E-state index in [0.717, 1.165) is 36.3 Å². The van der Waals surface area contributed by atoms with Crippen LogP contribution in [0.5, 0.6) is 5.75 Å². The Morgan fingerprint density at radius 3 is 2.61 bits per heavy atom. The van der Waals surface area contributed by atoms with Gasteiger partial charge in [-0.2, -0.15) is 0 Å². The van der Waals surface area contributed by atoms with Crippen LogP contribution in [0.3, 0.4) is 0 Å². The third kappa shape index (κ3) is 7.78. The van der Waals surface area contributed by atoms with E-state index in [1.54, 1.807) is 7.11 Å². The van der Waals surface area contributed by atoms with Crippen LogP contribution >= 0.6 is 24.0 Å². The van der Waals surface area contributed by atoms with Crippen LogP contribution in [0.4, 0.5) is 0 Å². The zero-order valence-corrected chi connectivity index (χ0v) is 20.6. The normalized spacial score (nSPS) is 17.0. The fraction of sp³-hybridized carbons (Fsp3) is 0.682. The molecule has 2 rings (SSSR count). The summed E-state index contributed by atoms with van der Waals surface area (Å²) in [6, 6.07) is 6.43. The van der Waals surface area contributed by atoms with Crippen LogP contribution in [0.1, 0.15) is 57.2 Å². The number of aryl methyl sites for hydroxylation is 1. The molecule has 0 radical (unpaired) electrons. The molecule has 1 fully saturated rings. The molecule has 28 heavy (non-hydrogen) atoms. The van der Waals surface area contributed by atoms with Crippen molar-refractivity contribution in [2.45, 2.75) is 53.0 Å². The molecule has 1 aromatic rings. The van der Waals surface area contributed by atoms with E-state index in [0.29, 0.717) is 0 Å². The Balaban J connectivity index is 0.00000392. The van der Waals surface area contributed by atoms with Gasteiger partial charge in [-0.05, 0) is 71.7 Å². The van der Waals surface area contributed by atoms with E-state index in [1.165, 1.54) is 44.5 Å². The lowest BCUT2D eigenvalue weighted by Crippen LogP contribution is -2.39. The van der Waals surface area contributed by atoms with Gasteiger partial charge in [0.25, 0.3) is 0 Å². The quantitative estimate of drug-likeness (QED) is 0.315. The fourth-order valence-corrected chi connectivity index (χ4v) is 3.75. The predicted molar refractivity (Wildman–Crippen MR) is 130 cm³/mol. The predicted octanol–water partition coefficient (Wildman–Crippen LogP) is 4.36. The van der Waals surface area contributed by atoms with Crippen molar-refractivity contribution in [3.05, 3.63) is 29.3 Å². The molecule has 0 spiro atoms. The molecule has 0 aliphatic carbocycles. The van der Waals surface area contributed by atoms with Gasteiger partial charge in [-0.1, -0.05) is 24.6 Å². The molecule has 2 N–H and O–H groups in total. The van der Waals surface area contributed by atoms with Gasteiger partial charge in [0, 0.05) is 18.7 Å². The highest BCUT2D eigenvalue weighted by Crippen LogP contribution is 2.26. The average molecular weight is 502 g/mol. The maximum atomic E-state index is 5.54. The summed E-state index contributed by atoms with van der Waals surface area (Å²) < 4.78 is 5.54. The molecule has 1 unspecified atom stereocenters. The Bertz CT molecular complexity index is 600. The molecule has 1 saturated heterocycles. The number of aliphatic imine (C=N–C) groups is 1. The molecule has 5 nitrogen and oxygen atoms in total. The molecule has 0 aromatic heterocycles. The molecule has 1 aromatic carbocycles. The van der Waals surface area contributed by atoms with Crippen LogP contribution in [0.2, 0.25) is 0 Å². The number of halogens is 1. The second-order valence-electron chi connectivity index (χ2n) is 7.54. The minimum absolute atomic E-state index is 0. The van der Waals surface area contributed by atoms with E-state index < -0.39 is 0 Å². The number of rotatable bonds is 8. The van der Waals surface area contributed by atoms with Crippen LogP contribution < -0.4 is 15.4 Å². The van der Waals surface area contributed by atoms with Gasteiger partial charge in [0.05, 0.1) is 13.2 Å². The summed E-state index contributed by atoms with van der Waals surface area (Å²) in [6.07, 6.45) is 3.80. The number of nitrogens with one attached hydrogen (secondary N) is 2. The first kappa shape index (κ1) is 25.0. The number of nitrogens with zero attached hydrogens (tertiary/aromatic N) is 2. The third-order valence-electron chi connectivity index (χ3n) is 5.51. The Morgan fingerprint density at radius 1 is 1.29 bits per heavy atom. The maximum Gasteiger partial charge on any atom is 0.191 e. The topological polar surface area (TPSA) is 48.9 Å². The molecule has 1 heterocycles. The number of hydrogen-bond acceptors (Lipinski definition) is 3. The van der Waals surface area contributed by atoms with Gasteiger partial charge in [0.15, 0.2) is 5.96 Å². The van der Waals surface area contributed by atoms with Crippen molar-refractivity contribution in [3.63, 3.8) is 0 Å². The Kier molecular flexibility index (Phi) is 11.8. The first-order valence-corrected chi connectivity index (χ1v) is 10.5. The molecule has 0 amide bonds. The van der Waals surface area contributed by atoms with Crippen molar-refractivity contribution >= 4 is 29.9 Å². The number of benzene rings is 1. The van der Waals surface area contributed by atoms with Gasteiger partial charge >= 0.3 is 0 Å². The number of piperidine rings is 1. The van der Waals surface area contributed by atoms with Gasteiger partial charge in [-0.15, -0.1) is 24.0 Å². The van der Waals surface area contributed by atoms with Gasteiger partial charge in [0.2, 0.25) is 0 Å². The summed E-state index contributed by atoms with van der Waals surface area (Å²) in [4.78, 5) is 7.37. The van der Waals surface area contributed by atoms with E-state index in [4.69, 9.17) is 9.73 Å². The lowest BCUT2D eigenvalue weighted by atomic mass is 9.94. The standard InChI is InChI=1S/C22H38N4O.HI/c1-6-23-22(24-13-10-19-11-14-26(7-2)15-12-19)25-18(4)20-16-17(3)8-9-21(20)27-5;/h8-9,16,18-19H,6-7,10-15H2,1-5H3,(H2,23,24,25);1H. The summed E-state index contributed by atoms with van der Waals surface area (Å²) in [5.41, 5.74) is 2.40. The second kappa shape index (κ2) is 13.2. The molecule has 160 valence electrons. The highest BCUT2D eigenvalue weighted by atomic mass is 127. The van der Waals surface area contributed by atoms with Crippen LogP contribution in [0, 0.1) is 12.8 Å². The highest BCUT2D eigenvalue weighted by Gasteiger charge is 2.18. The number of ether oxygens (including phenoxy) is 1. The van der Waals surface area contributed by atoms with Crippen LogP contribution in [-0.4, -0.2) is 50.7 Å². The van der Waals surface area contributed by atoms with E-state index >= 15 is 0 Å². The second-order valence-corrected chi connectivity index (χ2v) is 7.54. The SMILES string of the molecule is CCNC(=NCCC1CCN(CC)CC1)NC(C)c1cc(C)ccc1OC.I. The van der Waals surface area contributed by atoms with Gasteiger partial charge in [-0.3, -0.25) is 4.99 Å². The Hall–Kier alpha value is -1.02. The largest absolute Gasteiger partial charge is 0.496 e. The Labute approximate surface area is 188 Å². The number of hydrogen-bond donors (Lipinski definition) is 2. The van der Waals surface area contributed by atoms with Crippen molar-refractivity contribution in [1.29, 1.82) is 0 Å². The zero-order chi connectivity index (χ0) is 19.6. The number of methoxy groups -OCH3 is 1. The molecule has 0 bridgehead atoms. The minimum Gasteiger partial charge on any atom is -0.496 e. The van der Waals surface area contributed by atoms with Crippen LogP contribution in [0.25, 0.3) is 0 Å². The van der Waals surface area contributed by atoms with Crippen molar-refractivity contribution in [1.82, 2.24) is 15.5 Å². The fourth-order valence-electron chi connectivity index (χ4n) is 3.75. The Morgan fingerprint density at radius 2 is 2.00 bits per heavy atom. The molecular weight excluding hydrogens is 463 g/mol. The van der Waals surface area contributed by atoms with E-state index in [9.17, 15) is 0 Å². The van der Waals surface area contributed by atoms with Crippen LogP contribution in [-0.2, 0) is 0 Å². The van der Waals surface area contributed by atoms with Crippen molar-refractivity contribution in [2.24, 2.45) is 10.9 Å². The number of guanidine groups is 1. The maximum absolute atomic E-state index is 5.54. The monoisotopic (exact) mass is 502 g/mol. The van der Waals surface area contributed by atoms with Gasteiger partial charge in [-0.25, -0.2) is 0 Å². The zero-order valence-electron chi connectivity index (χ0n) is 18.3. The smallest absolute Gasteiger partial charge is 0.191 e. The van der Waals surface area contributed by atoms with Crippen LogP contribution in [0.15, 0.2) is 23.2 Å². The first-order valence-electron chi connectivity index (χ1n) is 10.5. The lowest BCUT2D eigenvalue weighted by molar-refractivity contribution is 0.188. The summed E-state index contributed by atoms with van der Waals surface area (Å²) in [6.45, 7) is 14.0. The summed E-state index contributed by atoms with van der Waals surface area (Å²) in [7, 11) is 1.73. The molecular formula is C22H39IN4O. The van der Waals surface area contributed by atoms with Crippen molar-refractivity contribution in [3.8, 4) is 5.75 Å². The molecule has 0 saturated carbocycles. The lowest BCUT2D eigenvalue weighted by Gasteiger charge is -2.30. The third-order valence-corrected chi connectivity index (χ3v) is 5.51. The summed E-state index contributed by atoms with van der Waals surface area (Å²) in [5, 5.41) is 6.92. The minimum atomic E-state index is 0. The van der Waals surface area contributed by atoms with Crippen molar-refractivity contribution in [2.75, 3.05) is 39.8 Å². The van der Waals surface area contributed by atoms with E-state index in [1.807, 2.05) is 6.07 Å². The van der Waals surface area contributed by atoms with E-state index in [-0.39, 0.29) is 30.0 Å². The molecule has 6 heteroatoms. The van der Waals surface area contributed by atoms with E-state index in [2.05, 4.69) is 55.4 Å². The highest BCUT2D eigenvalue weighted by molar-refractivity contribution is 14.0. The molecule has 1 aliphatic heterocycles. The first-order chi connectivity index (χ1) is 13.1. The van der Waals surface area contributed by atoms with Gasteiger partial charge in [0.1, 0.15) is 5.75 Å². The average Bonchev–Trinajstić information content (AvgIpc) is 2.68. The molecule has 1 aliphatic rings. The summed E-state index contributed by atoms with van der Waals surface area (Å²) in [5.74, 6) is 2.62. The summed E-state index contributed by atoms with van der Waals surface area (Å²) >= 11 is 0. The number of likely N-dealkylation sites (tertiary alicyclic amines) is 1. The van der Waals surface area contributed by atoms with Crippen molar-refractivity contribution < 1.29 is 4.74 Å².